The Balaban J connectivity index is 2.02. The molecule has 1 N–H and O–H groups in total. The summed E-state index contributed by atoms with van der Waals surface area (Å²) in [5, 5.41) is 7.48. The second-order valence-corrected chi connectivity index (χ2v) is 6.28. The molecule has 6 heteroatoms. The van der Waals surface area contributed by atoms with Crippen molar-refractivity contribution < 1.29 is 4.74 Å². The number of benzene rings is 1. The molecule has 1 aromatic heterocycles. The smallest absolute Gasteiger partial charge is 0.164 e. The second kappa shape index (κ2) is 7.56. The number of nitrogens with zero attached hydrogens (tertiary/aromatic N) is 3. The Morgan fingerprint density at radius 2 is 2.19 bits per heavy atom. The van der Waals surface area contributed by atoms with Gasteiger partial charge in [-0.1, -0.05) is 29.8 Å². The highest BCUT2D eigenvalue weighted by Crippen LogP contribution is 2.24. The van der Waals surface area contributed by atoms with Gasteiger partial charge in [0.15, 0.2) is 5.82 Å². The van der Waals surface area contributed by atoms with Gasteiger partial charge in [-0.3, -0.25) is 4.68 Å². The van der Waals surface area contributed by atoms with E-state index in [-0.39, 0.29) is 0 Å². The first-order chi connectivity index (χ1) is 10.1. The highest BCUT2D eigenvalue weighted by molar-refractivity contribution is 9.10. The lowest BCUT2D eigenvalue weighted by Crippen LogP contribution is -2.19. The zero-order valence-corrected chi connectivity index (χ0v) is 14.2. The number of rotatable bonds is 7. The predicted octanol–water partition coefficient (Wildman–Crippen LogP) is 2.90. The van der Waals surface area contributed by atoms with Gasteiger partial charge in [0, 0.05) is 23.6 Å². The molecule has 114 valence electrons. The van der Waals surface area contributed by atoms with Gasteiger partial charge in [-0.05, 0) is 30.7 Å². The number of ether oxygens (including phenoxy) is 1. The molecule has 0 amide bonds. The summed E-state index contributed by atoms with van der Waals surface area (Å²) in [5.41, 5.74) is 1.13. The summed E-state index contributed by atoms with van der Waals surface area (Å²) in [6.45, 7) is 6.56. The van der Waals surface area contributed by atoms with E-state index < -0.39 is 0 Å². The van der Waals surface area contributed by atoms with Crippen LogP contribution in [0, 0.1) is 5.92 Å². The zero-order chi connectivity index (χ0) is 15.2. The van der Waals surface area contributed by atoms with Crippen molar-refractivity contribution in [3.8, 4) is 5.75 Å². The van der Waals surface area contributed by atoms with E-state index in [1.807, 2.05) is 19.2 Å². The van der Waals surface area contributed by atoms with Crippen LogP contribution in [-0.4, -0.2) is 21.3 Å². The summed E-state index contributed by atoms with van der Waals surface area (Å²) in [4.78, 5) is 4.17. The number of hydrogen-bond acceptors (Lipinski definition) is 4. The number of aryl methyl sites for hydroxylation is 1. The molecule has 0 atom stereocenters. The molecule has 2 rings (SSSR count). The largest absolute Gasteiger partial charge is 0.485 e. The molecule has 0 bridgehead atoms. The van der Waals surface area contributed by atoms with Crippen molar-refractivity contribution in [2.24, 2.45) is 13.0 Å². The van der Waals surface area contributed by atoms with Crippen LogP contribution in [0.1, 0.15) is 25.2 Å². The summed E-state index contributed by atoms with van der Waals surface area (Å²) >= 11 is 3.51. The summed E-state index contributed by atoms with van der Waals surface area (Å²) in [6.07, 6.45) is 1.53. The average molecular weight is 353 g/mol. The summed E-state index contributed by atoms with van der Waals surface area (Å²) < 4.78 is 8.66. The fourth-order valence-corrected chi connectivity index (χ4v) is 2.32. The number of halogens is 1. The van der Waals surface area contributed by atoms with Crippen LogP contribution in [0.25, 0.3) is 0 Å². The third-order valence-electron chi connectivity index (χ3n) is 3.05. The lowest BCUT2D eigenvalue weighted by atomic mass is 10.2. The Bertz CT molecular complexity index is 583. The molecule has 21 heavy (non-hydrogen) atoms. The first kappa shape index (κ1) is 16.0. The molecule has 0 saturated carbocycles. The maximum Gasteiger partial charge on any atom is 0.164 e. The summed E-state index contributed by atoms with van der Waals surface area (Å²) in [5.74, 6) is 2.30. The molecule has 0 unspecified atom stereocenters. The number of aromatic nitrogens is 3. The third-order valence-corrected chi connectivity index (χ3v) is 3.55. The van der Waals surface area contributed by atoms with Crippen molar-refractivity contribution in [1.29, 1.82) is 0 Å². The zero-order valence-electron chi connectivity index (χ0n) is 12.6. The molecule has 0 radical (unpaired) electrons. The number of nitrogens with one attached hydrogen (secondary N) is 1. The van der Waals surface area contributed by atoms with Crippen molar-refractivity contribution in [3.63, 3.8) is 0 Å². The van der Waals surface area contributed by atoms with Crippen LogP contribution < -0.4 is 10.1 Å². The SMILES string of the molecule is CC(C)CNCc1cc(Br)ccc1OCc1ncnn1C. The van der Waals surface area contributed by atoms with E-state index in [4.69, 9.17) is 4.74 Å². The van der Waals surface area contributed by atoms with E-state index in [1.165, 1.54) is 6.33 Å². The van der Waals surface area contributed by atoms with Crippen LogP contribution in [0.4, 0.5) is 0 Å². The molecule has 2 aromatic rings. The molecule has 0 aliphatic rings. The van der Waals surface area contributed by atoms with Crippen LogP contribution in [0.5, 0.6) is 5.75 Å². The van der Waals surface area contributed by atoms with Crippen LogP contribution in [0.3, 0.4) is 0 Å². The van der Waals surface area contributed by atoms with E-state index in [0.29, 0.717) is 12.5 Å². The maximum atomic E-state index is 5.89. The molecule has 0 aliphatic heterocycles. The highest BCUT2D eigenvalue weighted by Gasteiger charge is 2.07. The normalized spacial score (nSPS) is 11.1. The predicted molar refractivity (Wildman–Crippen MR) is 86.0 cm³/mol. The fourth-order valence-electron chi connectivity index (χ4n) is 1.92. The molecular weight excluding hydrogens is 332 g/mol. The Morgan fingerprint density at radius 1 is 1.38 bits per heavy atom. The minimum Gasteiger partial charge on any atom is -0.485 e. The van der Waals surface area contributed by atoms with Gasteiger partial charge in [0.25, 0.3) is 0 Å². The highest BCUT2D eigenvalue weighted by atomic mass is 79.9. The molecule has 0 aliphatic carbocycles. The molecular formula is C15H21BrN4O. The van der Waals surface area contributed by atoms with Gasteiger partial charge in [-0.25, -0.2) is 4.98 Å². The minimum absolute atomic E-state index is 0.412. The van der Waals surface area contributed by atoms with E-state index in [0.717, 1.165) is 34.7 Å². The van der Waals surface area contributed by atoms with Gasteiger partial charge in [0.2, 0.25) is 0 Å². The Morgan fingerprint density at radius 3 is 2.86 bits per heavy atom. The van der Waals surface area contributed by atoms with Crippen LogP contribution in [0.2, 0.25) is 0 Å². The minimum atomic E-state index is 0.412. The van der Waals surface area contributed by atoms with E-state index in [1.54, 1.807) is 4.68 Å². The third kappa shape index (κ3) is 4.82. The molecule has 5 nitrogen and oxygen atoms in total. The van der Waals surface area contributed by atoms with Gasteiger partial charge in [-0.15, -0.1) is 0 Å². The lowest BCUT2D eigenvalue weighted by molar-refractivity contribution is 0.286. The van der Waals surface area contributed by atoms with Crippen molar-refractivity contribution in [2.45, 2.75) is 27.0 Å². The Labute approximate surface area is 133 Å². The number of hydrogen-bond donors (Lipinski definition) is 1. The standard InChI is InChI=1S/C15H21BrN4O/c1-11(2)7-17-8-12-6-13(16)4-5-14(12)21-9-15-18-10-19-20(15)3/h4-6,10-11,17H,7-9H2,1-3H3. The van der Waals surface area contributed by atoms with E-state index in [2.05, 4.69) is 51.2 Å². The average Bonchev–Trinajstić information content (AvgIpc) is 2.83. The van der Waals surface area contributed by atoms with E-state index in [9.17, 15) is 0 Å². The van der Waals surface area contributed by atoms with Gasteiger partial charge in [-0.2, -0.15) is 5.10 Å². The topological polar surface area (TPSA) is 52.0 Å². The molecule has 0 fully saturated rings. The summed E-state index contributed by atoms with van der Waals surface area (Å²) in [6, 6.07) is 6.05. The van der Waals surface area contributed by atoms with Gasteiger partial charge in [0.05, 0.1) is 0 Å². The molecule has 0 saturated heterocycles. The molecule has 1 aromatic carbocycles. The molecule has 0 spiro atoms. The first-order valence-corrected chi connectivity index (χ1v) is 7.80. The van der Waals surface area contributed by atoms with Gasteiger partial charge >= 0.3 is 0 Å². The van der Waals surface area contributed by atoms with Gasteiger partial charge < -0.3 is 10.1 Å². The lowest BCUT2D eigenvalue weighted by Gasteiger charge is -2.13. The second-order valence-electron chi connectivity index (χ2n) is 5.37. The van der Waals surface area contributed by atoms with Crippen LogP contribution in [0.15, 0.2) is 29.0 Å². The van der Waals surface area contributed by atoms with E-state index >= 15 is 0 Å². The van der Waals surface area contributed by atoms with Crippen molar-refractivity contribution >= 4 is 15.9 Å². The first-order valence-electron chi connectivity index (χ1n) is 7.01. The van der Waals surface area contributed by atoms with Gasteiger partial charge in [0.1, 0.15) is 18.7 Å². The van der Waals surface area contributed by atoms with Crippen molar-refractivity contribution in [3.05, 3.63) is 40.4 Å². The molecule has 1 heterocycles. The van der Waals surface area contributed by atoms with Crippen LogP contribution in [-0.2, 0) is 20.2 Å². The maximum absolute atomic E-state index is 5.89. The monoisotopic (exact) mass is 352 g/mol. The quantitative estimate of drug-likeness (QED) is 0.832. The van der Waals surface area contributed by atoms with Crippen LogP contribution >= 0.6 is 15.9 Å². The fraction of sp³-hybridized carbons (Fsp3) is 0.467. The Kier molecular flexibility index (Phi) is 5.76. The van der Waals surface area contributed by atoms with Crippen molar-refractivity contribution in [1.82, 2.24) is 20.1 Å². The Hall–Kier alpha value is -1.40. The summed E-state index contributed by atoms with van der Waals surface area (Å²) in [7, 11) is 1.86. The van der Waals surface area contributed by atoms with Crippen molar-refractivity contribution in [2.75, 3.05) is 6.54 Å².